The summed E-state index contributed by atoms with van der Waals surface area (Å²) < 4.78 is 5.85. The Morgan fingerprint density at radius 2 is 1.89 bits per heavy atom. The van der Waals surface area contributed by atoms with Crippen LogP contribution in [0.2, 0.25) is 0 Å². The van der Waals surface area contributed by atoms with Crippen LogP contribution in [-0.2, 0) is 11.2 Å². The van der Waals surface area contributed by atoms with Crippen LogP contribution in [0, 0.1) is 0 Å². The molecule has 1 aromatic heterocycles. The van der Waals surface area contributed by atoms with Crippen molar-refractivity contribution in [2.75, 3.05) is 6.61 Å². The van der Waals surface area contributed by atoms with Gasteiger partial charge in [0, 0.05) is 24.8 Å². The van der Waals surface area contributed by atoms with Gasteiger partial charge in [-0.3, -0.25) is 9.97 Å². The molecule has 28 heavy (non-hydrogen) atoms. The van der Waals surface area contributed by atoms with E-state index in [9.17, 15) is 0 Å². The van der Waals surface area contributed by atoms with Crippen LogP contribution in [0.3, 0.4) is 0 Å². The second-order valence-corrected chi connectivity index (χ2v) is 7.23. The molecule has 0 aliphatic heterocycles. The molecule has 0 bridgehead atoms. The van der Waals surface area contributed by atoms with Gasteiger partial charge in [-0.25, -0.2) is 0 Å². The number of hydrogen-bond acceptors (Lipinski definition) is 3. The van der Waals surface area contributed by atoms with Crippen LogP contribution in [0.15, 0.2) is 55.4 Å². The van der Waals surface area contributed by atoms with Gasteiger partial charge in [-0.05, 0) is 38.2 Å². The molecule has 1 unspecified atom stereocenters. The standard InChI is InChI=1S/C25H34N2O/c1-4-6-10-18-28-21(3)12-8-7-9-13-22-14-16-23(17-15-22)25-20-26-24(11-5-2)19-27-25/h5,9,13-17,19-21H,2,4,6-8,10-12,18H2,1,3H3. The number of aromatic nitrogens is 2. The van der Waals surface area contributed by atoms with Crippen molar-refractivity contribution in [2.45, 2.75) is 64.9 Å². The second kappa shape index (κ2) is 13.0. The summed E-state index contributed by atoms with van der Waals surface area (Å²) in [6.45, 7) is 9.03. The fraction of sp³-hybridized carbons (Fsp3) is 0.440. The predicted octanol–water partition coefficient (Wildman–Crippen LogP) is 6.65. The van der Waals surface area contributed by atoms with Crippen molar-refractivity contribution in [1.29, 1.82) is 0 Å². The first kappa shape index (κ1) is 22.0. The van der Waals surface area contributed by atoms with Gasteiger partial charge in [0.2, 0.25) is 0 Å². The van der Waals surface area contributed by atoms with Gasteiger partial charge in [0.15, 0.2) is 0 Å². The minimum absolute atomic E-state index is 0.364. The zero-order chi connectivity index (χ0) is 20.0. The van der Waals surface area contributed by atoms with Gasteiger partial charge < -0.3 is 4.74 Å². The van der Waals surface area contributed by atoms with Gasteiger partial charge >= 0.3 is 0 Å². The normalized spacial score (nSPS) is 12.4. The van der Waals surface area contributed by atoms with Crippen molar-refractivity contribution in [3.63, 3.8) is 0 Å². The highest BCUT2D eigenvalue weighted by atomic mass is 16.5. The molecule has 0 amide bonds. The summed E-state index contributed by atoms with van der Waals surface area (Å²) in [5.74, 6) is 0. The Bertz CT molecular complexity index is 704. The first-order valence-corrected chi connectivity index (χ1v) is 10.5. The Labute approximate surface area is 170 Å². The first-order chi connectivity index (χ1) is 13.7. The lowest BCUT2D eigenvalue weighted by atomic mass is 10.1. The second-order valence-electron chi connectivity index (χ2n) is 7.23. The molecule has 0 N–H and O–H groups in total. The molecule has 2 aromatic rings. The number of unbranched alkanes of at least 4 members (excludes halogenated alkanes) is 3. The van der Waals surface area contributed by atoms with Crippen LogP contribution in [0.1, 0.15) is 63.6 Å². The molecule has 0 aliphatic carbocycles. The average Bonchev–Trinajstić information content (AvgIpc) is 2.72. The van der Waals surface area contributed by atoms with E-state index in [4.69, 9.17) is 4.74 Å². The lowest BCUT2D eigenvalue weighted by molar-refractivity contribution is 0.0566. The topological polar surface area (TPSA) is 35.0 Å². The highest BCUT2D eigenvalue weighted by Crippen LogP contribution is 2.18. The summed E-state index contributed by atoms with van der Waals surface area (Å²) in [5, 5.41) is 0. The van der Waals surface area contributed by atoms with Gasteiger partial charge in [0.05, 0.1) is 23.7 Å². The molecule has 0 saturated heterocycles. The van der Waals surface area contributed by atoms with Crippen molar-refractivity contribution in [3.8, 4) is 11.3 Å². The summed E-state index contributed by atoms with van der Waals surface area (Å²) >= 11 is 0. The van der Waals surface area contributed by atoms with E-state index in [1.165, 1.54) is 24.8 Å². The van der Waals surface area contributed by atoms with E-state index in [1.807, 2.05) is 18.5 Å². The van der Waals surface area contributed by atoms with Crippen LogP contribution in [0.5, 0.6) is 0 Å². The molecular formula is C25H34N2O. The minimum Gasteiger partial charge on any atom is -0.379 e. The molecule has 0 radical (unpaired) electrons. The van der Waals surface area contributed by atoms with Gasteiger partial charge in [-0.15, -0.1) is 6.58 Å². The van der Waals surface area contributed by atoms with E-state index < -0.39 is 0 Å². The number of rotatable bonds is 13. The SMILES string of the molecule is C=CCc1cnc(-c2ccc(C=CCCCC(C)OCCCCC)cc2)cn1. The lowest BCUT2D eigenvalue weighted by Gasteiger charge is -2.11. The van der Waals surface area contributed by atoms with E-state index in [-0.39, 0.29) is 0 Å². The molecule has 0 fully saturated rings. The van der Waals surface area contributed by atoms with Gasteiger partial charge in [-0.2, -0.15) is 0 Å². The zero-order valence-corrected chi connectivity index (χ0v) is 17.4. The van der Waals surface area contributed by atoms with E-state index in [1.54, 1.807) is 0 Å². The Balaban J connectivity index is 1.72. The number of ether oxygens (including phenoxy) is 1. The summed E-state index contributed by atoms with van der Waals surface area (Å²) in [7, 11) is 0. The molecular weight excluding hydrogens is 344 g/mol. The molecule has 1 atom stereocenters. The van der Waals surface area contributed by atoms with Gasteiger partial charge in [0.25, 0.3) is 0 Å². The maximum Gasteiger partial charge on any atom is 0.0885 e. The molecule has 3 heteroatoms. The molecule has 0 saturated carbocycles. The van der Waals surface area contributed by atoms with Gasteiger partial charge in [0.1, 0.15) is 0 Å². The van der Waals surface area contributed by atoms with E-state index in [0.717, 1.165) is 49.2 Å². The third kappa shape index (κ3) is 8.18. The van der Waals surface area contributed by atoms with Crippen LogP contribution in [-0.4, -0.2) is 22.7 Å². The van der Waals surface area contributed by atoms with Crippen molar-refractivity contribution < 1.29 is 4.74 Å². The minimum atomic E-state index is 0.364. The fourth-order valence-corrected chi connectivity index (χ4v) is 2.98. The molecule has 0 aliphatic rings. The summed E-state index contributed by atoms with van der Waals surface area (Å²) in [4.78, 5) is 8.91. The first-order valence-electron chi connectivity index (χ1n) is 10.5. The van der Waals surface area contributed by atoms with Crippen LogP contribution < -0.4 is 0 Å². The Kier molecular flexibility index (Phi) is 10.2. The summed E-state index contributed by atoms with van der Waals surface area (Å²) in [6.07, 6.45) is 18.1. The number of hydrogen-bond donors (Lipinski definition) is 0. The summed E-state index contributed by atoms with van der Waals surface area (Å²) in [5.41, 5.74) is 4.14. The largest absolute Gasteiger partial charge is 0.379 e. The molecule has 3 nitrogen and oxygen atoms in total. The van der Waals surface area contributed by atoms with E-state index >= 15 is 0 Å². The maximum atomic E-state index is 5.85. The monoisotopic (exact) mass is 378 g/mol. The number of nitrogens with zero attached hydrogens (tertiary/aromatic N) is 2. The third-order valence-electron chi connectivity index (χ3n) is 4.71. The smallest absolute Gasteiger partial charge is 0.0885 e. The van der Waals surface area contributed by atoms with Crippen molar-refractivity contribution >= 4 is 6.08 Å². The lowest BCUT2D eigenvalue weighted by Crippen LogP contribution is -2.08. The number of allylic oxidation sites excluding steroid dienone is 2. The molecule has 0 spiro atoms. The van der Waals surface area contributed by atoms with Gasteiger partial charge in [-0.1, -0.05) is 62.3 Å². The molecule has 1 aromatic carbocycles. The fourth-order valence-electron chi connectivity index (χ4n) is 2.98. The zero-order valence-electron chi connectivity index (χ0n) is 17.4. The predicted molar refractivity (Wildman–Crippen MR) is 119 cm³/mol. The highest BCUT2D eigenvalue weighted by molar-refractivity contribution is 5.61. The Morgan fingerprint density at radius 3 is 2.57 bits per heavy atom. The Hall–Kier alpha value is -2.26. The van der Waals surface area contributed by atoms with E-state index in [2.05, 4.69) is 66.8 Å². The van der Waals surface area contributed by atoms with Crippen molar-refractivity contribution in [1.82, 2.24) is 9.97 Å². The van der Waals surface area contributed by atoms with Crippen LogP contribution >= 0.6 is 0 Å². The average molecular weight is 379 g/mol. The summed E-state index contributed by atoms with van der Waals surface area (Å²) in [6, 6.07) is 8.46. The molecule has 1 heterocycles. The Morgan fingerprint density at radius 1 is 1.07 bits per heavy atom. The van der Waals surface area contributed by atoms with Crippen LogP contribution in [0.25, 0.3) is 17.3 Å². The van der Waals surface area contributed by atoms with Crippen molar-refractivity contribution in [2.24, 2.45) is 0 Å². The highest BCUT2D eigenvalue weighted by Gasteiger charge is 2.02. The van der Waals surface area contributed by atoms with E-state index in [0.29, 0.717) is 6.10 Å². The maximum absolute atomic E-state index is 5.85. The molecule has 2 rings (SSSR count). The third-order valence-corrected chi connectivity index (χ3v) is 4.71. The number of benzene rings is 1. The van der Waals surface area contributed by atoms with Crippen LogP contribution in [0.4, 0.5) is 0 Å². The molecule has 150 valence electrons. The quantitative estimate of drug-likeness (QED) is 0.289. The van der Waals surface area contributed by atoms with Crippen molar-refractivity contribution in [3.05, 3.63) is 66.6 Å².